The summed E-state index contributed by atoms with van der Waals surface area (Å²) < 4.78 is 29.0. The minimum Gasteiger partial charge on any atom is -0.383 e. The average Bonchev–Trinajstić information content (AvgIpc) is 3.60. The molecule has 0 aliphatic heterocycles. The van der Waals surface area contributed by atoms with Crippen LogP contribution in [0, 0.1) is 35.0 Å². The zero-order valence-electron chi connectivity index (χ0n) is 23.1. The number of anilines is 2. The Bertz CT molecular complexity index is 1710. The molecule has 0 bridgehead atoms. The Morgan fingerprint density at radius 1 is 1.15 bits per heavy atom. The van der Waals surface area contributed by atoms with Gasteiger partial charge in [0.25, 0.3) is 6.43 Å². The first-order chi connectivity index (χ1) is 19.5. The first-order valence-electron chi connectivity index (χ1n) is 13.2. The maximum absolute atomic E-state index is 13.9. The molecule has 1 saturated carbocycles. The molecule has 41 heavy (non-hydrogen) atoms. The molecular weight excluding hydrogens is 546 g/mol. The second-order valence-corrected chi connectivity index (χ2v) is 12.1. The molecule has 210 valence electrons. The van der Waals surface area contributed by atoms with E-state index in [-0.39, 0.29) is 5.41 Å². The Morgan fingerprint density at radius 3 is 2.51 bits per heavy atom. The first-order valence-corrected chi connectivity index (χ1v) is 13.6. The van der Waals surface area contributed by atoms with Crippen LogP contribution in [0.15, 0.2) is 42.7 Å². The Kier molecular flexibility index (Phi) is 7.31. The maximum atomic E-state index is 13.9. The third kappa shape index (κ3) is 5.40. The van der Waals surface area contributed by atoms with E-state index in [0.29, 0.717) is 63.5 Å². The highest BCUT2D eigenvalue weighted by molar-refractivity contribution is 6.32. The number of hydrogen-bond acceptors (Lipinski definition) is 7. The van der Waals surface area contributed by atoms with E-state index in [4.69, 9.17) is 11.6 Å². The summed E-state index contributed by atoms with van der Waals surface area (Å²) in [4.78, 5) is 4.60. The predicted molar refractivity (Wildman–Crippen MR) is 154 cm³/mol. The van der Waals surface area contributed by atoms with Gasteiger partial charge in [0, 0.05) is 23.2 Å². The van der Waals surface area contributed by atoms with Crippen LogP contribution in [0.2, 0.25) is 5.02 Å². The van der Waals surface area contributed by atoms with Gasteiger partial charge in [-0.1, -0.05) is 49.7 Å². The van der Waals surface area contributed by atoms with E-state index >= 15 is 0 Å². The highest BCUT2D eigenvalue weighted by Crippen LogP contribution is 2.48. The molecule has 0 amide bonds. The molecule has 0 radical (unpaired) electrons. The second kappa shape index (κ2) is 10.6. The fourth-order valence-electron chi connectivity index (χ4n) is 4.86. The van der Waals surface area contributed by atoms with Crippen LogP contribution in [-0.2, 0) is 5.54 Å². The topological polar surface area (TPSA) is 115 Å². The molecule has 4 aromatic rings. The number of aromatic nitrogens is 4. The van der Waals surface area contributed by atoms with Crippen LogP contribution in [0.4, 0.5) is 20.2 Å². The number of fused-ring (bicyclic) bond motifs is 1. The molecule has 2 heterocycles. The summed E-state index contributed by atoms with van der Waals surface area (Å²) in [7, 11) is 0. The lowest BCUT2D eigenvalue weighted by Gasteiger charge is -2.24. The quantitative estimate of drug-likeness (QED) is 0.234. The molecule has 8 nitrogen and oxygen atoms in total. The standard InChI is InChI=1S/C30H29ClF2N8/c1-17-18(12-34)6-5-7-21(17)27(24-15-41(40-39-24)30(8-9-30)28(32)33)38-23-11-20(31)10-22-25(37-16-29(2,3)4)19(13-35)14-36-26(22)23/h5-7,10-11,14-15,27-28,38H,8-9,16H2,1-4H3,(H,36,37)/t27-/m0/s1. The Hall–Kier alpha value is -4.28. The number of pyridine rings is 1. The second-order valence-electron chi connectivity index (χ2n) is 11.6. The van der Waals surface area contributed by atoms with Crippen molar-refractivity contribution in [2.24, 2.45) is 5.41 Å². The Morgan fingerprint density at radius 2 is 1.88 bits per heavy atom. The lowest BCUT2D eigenvalue weighted by molar-refractivity contribution is 0.0593. The van der Waals surface area contributed by atoms with Gasteiger partial charge in [0.1, 0.15) is 17.3 Å². The van der Waals surface area contributed by atoms with Gasteiger partial charge >= 0.3 is 0 Å². The van der Waals surface area contributed by atoms with E-state index in [1.54, 1.807) is 30.5 Å². The summed E-state index contributed by atoms with van der Waals surface area (Å²) in [6.07, 6.45) is 1.13. The van der Waals surface area contributed by atoms with Crippen molar-refractivity contribution in [2.75, 3.05) is 17.2 Å². The van der Waals surface area contributed by atoms with E-state index in [9.17, 15) is 19.3 Å². The van der Waals surface area contributed by atoms with E-state index in [0.717, 1.165) is 11.1 Å². The van der Waals surface area contributed by atoms with Crippen molar-refractivity contribution in [2.45, 2.75) is 58.5 Å². The molecule has 11 heteroatoms. The zero-order chi connectivity index (χ0) is 29.5. The normalized spacial score (nSPS) is 14.9. The Balaban J connectivity index is 1.65. The summed E-state index contributed by atoms with van der Waals surface area (Å²) in [5.41, 5.74) is 3.04. The van der Waals surface area contributed by atoms with Crippen LogP contribution in [0.3, 0.4) is 0 Å². The number of alkyl halides is 2. The summed E-state index contributed by atoms with van der Waals surface area (Å²) in [6.45, 7) is 8.70. The van der Waals surface area contributed by atoms with Crippen molar-refractivity contribution in [3.8, 4) is 12.1 Å². The summed E-state index contributed by atoms with van der Waals surface area (Å²) >= 11 is 6.61. The molecule has 1 atom stereocenters. The van der Waals surface area contributed by atoms with Crippen LogP contribution >= 0.6 is 11.6 Å². The lowest BCUT2D eigenvalue weighted by atomic mass is 9.95. The molecule has 2 N–H and O–H groups in total. The lowest BCUT2D eigenvalue weighted by Crippen LogP contribution is -2.26. The van der Waals surface area contributed by atoms with Crippen LogP contribution in [0.1, 0.15) is 67.6 Å². The molecule has 5 rings (SSSR count). The molecule has 0 spiro atoms. The highest BCUT2D eigenvalue weighted by Gasteiger charge is 2.54. The van der Waals surface area contributed by atoms with E-state index in [2.05, 4.69) is 58.8 Å². The molecule has 0 saturated heterocycles. The van der Waals surface area contributed by atoms with Gasteiger partial charge < -0.3 is 10.6 Å². The van der Waals surface area contributed by atoms with Crippen molar-refractivity contribution in [1.29, 1.82) is 10.5 Å². The van der Waals surface area contributed by atoms with Gasteiger partial charge in [-0.15, -0.1) is 5.10 Å². The summed E-state index contributed by atoms with van der Waals surface area (Å²) in [5.74, 6) is 0. The summed E-state index contributed by atoms with van der Waals surface area (Å²) in [5, 5.41) is 35.8. The predicted octanol–water partition coefficient (Wildman–Crippen LogP) is 6.95. The fourth-order valence-corrected chi connectivity index (χ4v) is 5.08. The number of benzene rings is 2. The number of rotatable bonds is 8. The van der Waals surface area contributed by atoms with Gasteiger partial charge in [-0.05, 0) is 54.5 Å². The number of halogens is 3. The van der Waals surface area contributed by atoms with Crippen molar-refractivity contribution in [3.05, 3.63) is 75.7 Å². The van der Waals surface area contributed by atoms with Gasteiger partial charge in [-0.2, -0.15) is 10.5 Å². The smallest absolute Gasteiger partial charge is 0.263 e. The van der Waals surface area contributed by atoms with E-state index in [1.165, 1.54) is 10.9 Å². The van der Waals surface area contributed by atoms with Crippen LogP contribution in [0.25, 0.3) is 10.9 Å². The molecule has 2 aromatic heterocycles. The third-order valence-electron chi connectivity index (χ3n) is 7.39. The number of nitrogens with zero attached hydrogens (tertiary/aromatic N) is 6. The third-order valence-corrected chi connectivity index (χ3v) is 7.61. The van der Waals surface area contributed by atoms with Crippen molar-refractivity contribution < 1.29 is 8.78 Å². The molecule has 1 aliphatic rings. The van der Waals surface area contributed by atoms with Crippen LogP contribution in [-0.4, -0.2) is 32.9 Å². The van der Waals surface area contributed by atoms with Gasteiger partial charge in [-0.3, -0.25) is 4.98 Å². The van der Waals surface area contributed by atoms with Gasteiger partial charge in [0.15, 0.2) is 0 Å². The first kappa shape index (κ1) is 28.3. The maximum Gasteiger partial charge on any atom is 0.263 e. The van der Waals surface area contributed by atoms with Crippen molar-refractivity contribution in [1.82, 2.24) is 20.0 Å². The fraction of sp³-hybridized carbons (Fsp3) is 0.367. The number of nitrogens with one attached hydrogen (secondary N) is 2. The van der Waals surface area contributed by atoms with Crippen LogP contribution in [0.5, 0.6) is 0 Å². The molecule has 0 unspecified atom stereocenters. The zero-order valence-corrected chi connectivity index (χ0v) is 23.9. The van der Waals surface area contributed by atoms with Gasteiger partial charge in [-0.25, -0.2) is 13.5 Å². The highest BCUT2D eigenvalue weighted by atomic mass is 35.5. The number of nitriles is 2. The van der Waals surface area contributed by atoms with Crippen LogP contribution < -0.4 is 10.6 Å². The Labute approximate surface area is 241 Å². The van der Waals surface area contributed by atoms with Gasteiger partial charge in [0.05, 0.1) is 46.3 Å². The molecule has 2 aromatic carbocycles. The average molecular weight is 575 g/mol. The summed E-state index contributed by atoms with van der Waals surface area (Å²) in [6, 6.07) is 12.6. The largest absolute Gasteiger partial charge is 0.383 e. The molecule has 1 aliphatic carbocycles. The number of hydrogen-bond donors (Lipinski definition) is 2. The van der Waals surface area contributed by atoms with E-state index < -0.39 is 18.0 Å². The van der Waals surface area contributed by atoms with E-state index in [1.807, 2.05) is 13.0 Å². The molecular formula is C30H29ClF2N8. The van der Waals surface area contributed by atoms with Gasteiger partial charge in [0.2, 0.25) is 0 Å². The monoisotopic (exact) mass is 574 g/mol. The van der Waals surface area contributed by atoms with Crippen molar-refractivity contribution in [3.63, 3.8) is 0 Å². The SMILES string of the molecule is Cc1c(C#N)cccc1[C@H](Nc1cc(Cl)cc2c(NCC(C)(C)C)c(C#N)cnc12)c1cn(C2(C(F)F)CC2)nn1. The minimum atomic E-state index is -2.57. The molecule has 1 fully saturated rings. The minimum absolute atomic E-state index is 0.0562. The van der Waals surface area contributed by atoms with Crippen molar-refractivity contribution >= 4 is 33.9 Å².